The molecule has 19 heavy (non-hydrogen) atoms. The second-order valence-corrected chi connectivity index (χ2v) is 5.83. The number of hydrogen-bond acceptors (Lipinski definition) is 6. The molecule has 0 aliphatic heterocycles. The van der Waals surface area contributed by atoms with Gasteiger partial charge in [-0.2, -0.15) is 16.7 Å². The van der Waals surface area contributed by atoms with E-state index in [1.807, 2.05) is 0 Å². The minimum atomic E-state index is 0.0846. The molecule has 0 aliphatic carbocycles. The molecule has 0 radical (unpaired) electrons. The molecule has 1 aromatic carbocycles. The lowest BCUT2D eigenvalue weighted by Crippen LogP contribution is -1.90. The summed E-state index contributed by atoms with van der Waals surface area (Å²) >= 11 is 1.75. The molecule has 0 amide bonds. The van der Waals surface area contributed by atoms with Gasteiger partial charge in [-0.3, -0.25) is 0 Å². The Labute approximate surface area is 116 Å². The highest BCUT2D eigenvalue weighted by Gasteiger charge is 2.12. The summed E-state index contributed by atoms with van der Waals surface area (Å²) in [5.74, 6) is 2.28. The molecule has 0 saturated carbocycles. The van der Waals surface area contributed by atoms with Crippen molar-refractivity contribution in [1.82, 2.24) is 10.1 Å². The topological polar surface area (TPSA) is 68.4 Å². The molecule has 2 aromatic rings. The Bertz CT molecular complexity index is 555. The van der Waals surface area contributed by atoms with Crippen molar-refractivity contribution < 1.29 is 14.4 Å². The molecule has 0 saturated heterocycles. The standard InChI is InChI=1S/C13H16N2O3S/c1-8(2)19-7-12-14-13(18-15-12)9-4-5-10(16)11(6-9)17-3/h4-6,8,16H,7H2,1-3H3. The van der Waals surface area contributed by atoms with Crippen LogP contribution in [0.3, 0.4) is 0 Å². The van der Waals surface area contributed by atoms with Crippen molar-refractivity contribution >= 4 is 11.8 Å². The maximum atomic E-state index is 9.54. The first-order valence-corrected chi connectivity index (χ1v) is 6.96. The van der Waals surface area contributed by atoms with Gasteiger partial charge in [0, 0.05) is 5.56 Å². The Balaban J connectivity index is 2.18. The first-order valence-electron chi connectivity index (χ1n) is 5.91. The zero-order valence-corrected chi connectivity index (χ0v) is 11.9. The number of thioether (sulfide) groups is 1. The number of aromatic nitrogens is 2. The fourth-order valence-electron chi connectivity index (χ4n) is 1.48. The number of methoxy groups -OCH3 is 1. The number of phenols is 1. The number of ether oxygens (including phenoxy) is 1. The lowest BCUT2D eigenvalue weighted by Gasteiger charge is -2.03. The second-order valence-electron chi connectivity index (χ2n) is 4.26. The van der Waals surface area contributed by atoms with Gasteiger partial charge in [-0.25, -0.2) is 0 Å². The van der Waals surface area contributed by atoms with Gasteiger partial charge in [0.25, 0.3) is 5.89 Å². The molecule has 0 fully saturated rings. The fourth-order valence-corrected chi connectivity index (χ4v) is 2.08. The van der Waals surface area contributed by atoms with Crippen LogP contribution in [0.1, 0.15) is 19.7 Å². The second kappa shape index (κ2) is 5.97. The lowest BCUT2D eigenvalue weighted by atomic mass is 10.2. The Hall–Kier alpha value is -1.69. The molecule has 1 N–H and O–H groups in total. The Morgan fingerprint density at radius 1 is 1.42 bits per heavy atom. The highest BCUT2D eigenvalue weighted by atomic mass is 32.2. The predicted octanol–water partition coefficient (Wildman–Crippen LogP) is 3.09. The van der Waals surface area contributed by atoms with Gasteiger partial charge in [-0.1, -0.05) is 19.0 Å². The van der Waals surface area contributed by atoms with E-state index < -0.39 is 0 Å². The van der Waals surface area contributed by atoms with Crippen molar-refractivity contribution in [3.63, 3.8) is 0 Å². The van der Waals surface area contributed by atoms with Crippen molar-refractivity contribution in [3.05, 3.63) is 24.0 Å². The molecule has 102 valence electrons. The Kier molecular flexibility index (Phi) is 4.31. The summed E-state index contributed by atoms with van der Waals surface area (Å²) in [5, 5.41) is 14.0. The number of hydrogen-bond donors (Lipinski definition) is 1. The molecule has 0 spiro atoms. The zero-order chi connectivity index (χ0) is 13.8. The van der Waals surface area contributed by atoms with Crippen LogP contribution < -0.4 is 4.74 Å². The van der Waals surface area contributed by atoms with E-state index in [-0.39, 0.29) is 5.75 Å². The minimum absolute atomic E-state index is 0.0846. The summed E-state index contributed by atoms with van der Waals surface area (Å²) in [6.07, 6.45) is 0. The summed E-state index contributed by atoms with van der Waals surface area (Å²) in [6, 6.07) is 4.92. The molecule has 0 unspecified atom stereocenters. The molecule has 5 nitrogen and oxygen atoms in total. The average molecular weight is 280 g/mol. The number of aromatic hydroxyl groups is 1. The van der Waals surface area contributed by atoms with Gasteiger partial charge < -0.3 is 14.4 Å². The van der Waals surface area contributed by atoms with E-state index in [9.17, 15) is 5.11 Å². The van der Waals surface area contributed by atoms with E-state index in [0.29, 0.717) is 22.7 Å². The number of benzene rings is 1. The normalized spacial score (nSPS) is 10.9. The summed E-state index contributed by atoms with van der Waals surface area (Å²) in [6.45, 7) is 4.24. The highest BCUT2D eigenvalue weighted by molar-refractivity contribution is 7.99. The van der Waals surface area contributed by atoms with Gasteiger partial charge in [0.1, 0.15) is 0 Å². The van der Waals surface area contributed by atoms with Crippen molar-refractivity contribution in [2.75, 3.05) is 7.11 Å². The summed E-state index contributed by atoms with van der Waals surface area (Å²) in [7, 11) is 1.50. The fraction of sp³-hybridized carbons (Fsp3) is 0.385. The van der Waals surface area contributed by atoms with Crippen molar-refractivity contribution in [3.8, 4) is 23.0 Å². The maximum absolute atomic E-state index is 9.54. The first-order chi connectivity index (χ1) is 9.10. The molecule has 0 bridgehead atoms. The van der Waals surface area contributed by atoms with Crippen molar-refractivity contribution in [2.45, 2.75) is 24.9 Å². The molecule has 0 atom stereocenters. The van der Waals surface area contributed by atoms with Crippen LogP contribution in [0.4, 0.5) is 0 Å². The Morgan fingerprint density at radius 2 is 2.21 bits per heavy atom. The third-order valence-electron chi connectivity index (χ3n) is 2.44. The third-order valence-corrected chi connectivity index (χ3v) is 3.53. The Morgan fingerprint density at radius 3 is 2.89 bits per heavy atom. The van der Waals surface area contributed by atoms with Crippen LogP contribution in [-0.4, -0.2) is 27.6 Å². The smallest absolute Gasteiger partial charge is 0.258 e. The van der Waals surface area contributed by atoms with E-state index in [4.69, 9.17) is 9.26 Å². The van der Waals surface area contributed by atoms with Gasteiger partial charge in [-0.15, -0.1) is 0 Å². The van der Waals surface area contributed by atoms with Crippen LogP contribution >= 0.6 is 11.8 Å². The zero-order valence-electron chi connectivity index (χ0n) is 11.1. The molecule has 1 heterocycles. The highest BCUT2D eigenvalue weighted by Crippen LogP contribution is 2.30. The van der Waals surface area contributed by atoms with Crippen molar-refractivity contribution in [2.24, 2.45) is 0 Å². The molecule has 6 heteroatoms. The van der Waals surface area contributed by atoms with Crippen LogP contribution in [0.2, 0.25) is 0 Å². The van der Waals surface area contributed by atoms with Crippen LogP contribution in [-0.2, 0) is 5.75 Å². The molecule has 2 rings (SSSR count). The molecule has 0 aliphatic rings. The third kappa shape index (κ3) is 3.41. The maximum Gasteiger partial charge on any atom is 0.258 e. The van der Waals surface area contributed by atoms with Gasteiger partial charge in [0.05, 0.1) is 12.9 Å². The van der Waals surface area contributed by atoms with E-state index in [1.165, 1.54) is 7.11 Å². The van der Waals surface area contributed by atoms with E-state index in [0.717, 1.165) is 11.3 Å². The van der Waals surface area contributed by atoms with Crippen LogP contribution in [0.15, 0.2) is 22.7 Å². The summed E-state index contributed by atoms with van der Waals surface area (Å²) in [5.41, 5.74) is 0.725. The van der Waals surface area contributed by atoms with Gasteiger partial charge in [-0.05, 0) is 23.4 Å². The van der Waals surface area contributed by atoms with E-state index in [1.54, 1.807) is 30.0 Å². The monoisotopic (exact) mass is 280 g/mol. The van der Waals surface area contributed by atoms with Gasteiger partial charge in [0.15, 0.2) is 17.3 Å². The van der Waals surface area contributed by atoms with Crippen LogP contribution in [0, 0.1) is 0 Å². The molecular weight excluding hydrogens is 264 g/mol. The first kappa shape index (κ1) is 13.7. The number of phenolic OH excluding ortho intramolecular Hbond substituents is 1. The van der Waals surface area contributed by atoms with E-state index >= 15 is 0 Å². The van der Waals surface area contributed by atoms with Crippen molar-refractivity contribution in [1.29, 1.82) is 0 Å². The number of rotatable bonds is 5. The predicted molar refractivity (Wildman–Crippen MR) is 74.4 cm³/mol. The minimum Gasteiger partial charge on any atom is -0.504 e. The summed E-state index contributed by atoms with van der Waals surface area (Å²) < 4.78 is 10.3. The molecular formula is C13H16N2O3S. The van der Waals surface area contributed by atoms with Crippen LogP contribution in [0.5, 0.6) is 11.5 Å². The van der Waals surface area contributed by atoms with Gasteiger partial charge >= 0.3 is 0 Å². The van der Waals surface area contributed by atoms with E-state index in [2.05, 4.69) is 24.0 Å². The van der Waals surface area contributed by atoms with Gasteiger partial charge in [0.2, 0.25) is 0 Å². The number of nitrogens with zero attached hydrogens (tertiary/aromatic N) is 2. The van der Waals surface area contributed by atoms with Crippen LogP contribution in [0.25, 0.3) is 11.5 Å². The summed E-state index contributed by atoms with van der Waals surface area (Å²) in [4.78, 5) is 4.32. The average Bonchev–Trinajstić information content (AvgIpc) is 2.86. The molecule has 1 aromatic heterocycles. The quantitative estimate of drug-likeness (QED) is 0.907. The lowest BCUT2D eigenvalue weighted by molar-refractivity contribution is 0.373. The largest absolute Gasteiger partial charge is 0.504 e. The SMILES string of the molecule is COc1cc(-c2nc(CSC(C)C)no2)ccc1O.